The van der Waals surface area contributed by atoms with Gasteiger partial charge in [-0.3, -0.25) is 4.79 Å². The summed E-state index contributed by atoms with van der Waals surface area (Å²) >= 11 is 0. The minimum absolute atomic E-state index is 0.0144. The van der Waals surface area contributed by atoms with Crippen LogP contribution in [0.1, 0.15) is 143 Å². The molecule has 0 aromatic rings. The van der Waals surface area contributed by atoms with Crippen LogP contribution in [0, 0.1) is 23.7 Å². The minimum atomic E-state index is -1.02. The molecule has 0 aliphatic carbocycles. The molecule has 0 saturated carbocycles. The van der Waals surface area contributed by atoms with Crippen molar-refractivity contribution < 1.29 is 91.5 Å². The van der Waals surface area contributed by atoms with Gasteiger partial charge in [-0.2, -0.15) is 0 Å². The van der Waals surface area contributed by atoms with Gasteiger partial charge in [0.05, 0.1) is 129 Å². The second-order valence-corrected chi connectivity index (χ2v) is 27.0. The molecule has 3 spiro atoms. The fraction of sp³-hybridized carbons (Fsp3) is 0.915. The quantitative estimate of drug-likeness (QED) is 0.224. The molecule has 78 heavy (non-hydrogen) atoms. The van der Waals surface area contributed by atoms with Gasteiger partial charge in [0.1, 0.15) is 30.5 Å². The lowest BCUT2D eigenvalue weighted by molar-refractivity contribution is -0.354. The Kier molecular flexibility index (Phi) is 14.3. The van der Waals surface area contributed by atoms with Crippen LogP contribution in [0.4, 0.5) is 0 Å². The Morgan fingerprint density at radius 1 is 0.538 bits per heavy atom. The lowest BCUT2D eigenvalue weighted by Gasteiger charge is -2.50. The van der Waals surface area contributed by atoms with Gasteiger partial charge in [0, 0.05) is 70.1 Å². The van der Waals surface area contributed by atoms with E-state index < -0.39 is 91.1 Å². The first kappa shape index (κ1) is 54.2. The summed E-state index contributed by atoms with van der Waals surface area (Å²) in [6, 6.07) is 0. The molecular weight excluding hydrogens is 1010 g/mol. The zero-order valence-corrected chi connectivity index (χ0v) is 45.9. The van der Waals surface area contributed by atoms with E-state index in [0.717, 1.165) is 43.3 Å². The highest BCUT2D eigenvalue weighted by Gasteiger charge is 2.67. The standard InChI is InChI=1S/C59H86O19/c1-26-13-33-7-9-37-27(2)14-35(65-37)11-12-57-23-47(75-57)54-49(64)56(78-57)55-38(69-54)10-8-34(67-55)16-48(63)72-53-31(6)52-43(68-42(53)17-39(66-33)30(26)5)19-41-45(71-52)22-59(73-41)24-46-51(77-59)29(4)21-58(76-46)20-28(3)50-44(74-58)18-40(70-50)36(62)15-32(61)25-60/h26,28-29,31-47,49-56,60-62,64H,2,5,7-25H2,1,3-4,6H3/t26-,28+,29+,31+,32-,33+,34-,35+,36+,37+,38+,39-,40+,41-,42+,43+,44+,45-,46+,47?,49-,50+,51+,52+,53-,54+,55+,56-,57+,58-,59+/m1/s1. The van der Waals surface area contributed by atoms with Crippen LogP contribution in [0.15, 0.2) is 24.3 Å². The van der Waals surface area contributed by atoms with E-state index in [1.807, 2.05) is 0 Å². The molecule has 4 N–H and O–H groups in total. The molecule has 19 nitrogen and oxygen atoms in total. The van der Waals surface area contributed by atoms with E-state index in [0.29, 0.717) is 70.6 Å². The van der Waals surface area contributed by atoms with Crippen LogP contribution < -0.4 is 0 Å². The Hall–Kier alpha value is -1.73. The van der Waals surface area contributed by atoms with E-state index in [1.54, 1.807) is 0 Å². The van der Waals surface area contributed by atoms with Crippen molar-refractivity contribution >= 4 is 5.97 Å². The molecule has 15 saturated heterocycles. The Labute approximate surface area is 457 Å². The first-order valence-electron chi connectivity index (χ1n) is 30.3. The molecular formula is C59H86O19. The minimum Gasteiger partial charge on any atom is -0.459 e. The SMILES string of the molecule is C=C1C[C@@H]2CC[C@]34CC(O3)[C@@H]3O[C@H]5CC[C@H](CC(=O)O[C@@H]6[C@@H](C)[C@@H]7O[C@@H]8C[C@]9(C[C@@H]%10O[C@]%11(C[C@H](C)[C@@H]%12O[C@H]([C@@H](O)C[C@@H](O)CO)C[C@@H]%12O%11)C[C@H](C)[C@@H]%10O9)O[C@@H]8C[C@@H]7O[C@H]6C[C@H]6O[C@@H](CC[C@@H]1O2)C[C@@H](C)C6=C)O[C@@H]5[C@H](O4)[C@@H]3O. The van der Waals surface area contributed by atoms with Crippen molar-refractivity contribution in [3.05, 3.63) is 24.3 Å². The van der Waals surface area contributed by atoms with E-state index in [1.165, 1.54) is 0 Å². The van der Waals surface area contributed by atoms with Crippen molar-refractivity contribution in [1.29, 1.82) is 0 Å². The van der Waals surface area contributed by atoms with Crippen LogP contribution in [0.2, 0.25) is 0 Å². The van der Waals surface area contributed by atoms with Gasteiger partial charge < -0.3 is 86.7 Å². The monoisotopic (exact) mass is 1100 g/mol. The van der Waals surface area contributed by atoms with Crippen LogP contribution in [-0.2, 0) is 71.1 Å². The summed E-state index contributed by atoms with van der Waals surface area (Å²) in [6.07, 6.45) is 0.0332. The highest BCUT2D eigenvalue weighted by molar-refractivity contribution is 5.70. The number of rotatable bonds is 4. The van der Waals surface area contributed by atoms with E-state index in [2.05, 4.69) is 40.9 Å². The lowest BCUT2D eigenvalue weighted by atomic mass is 9.79. The average molecular weight is 1100 g/mol. The number of hydrogen-bond donors (Lipinski definition) is 4. The van der Waals surface area contributed by atoms with E-state index in [9.17, 15) is 25.2 Å². The summed E-state index contributed by atoms with van der Waals surface area (Å²) in [6.45, 7) is 17.3. The topological polar surface area (TPSA) is 227 Å². The van der Waals surface area contributed by atoms with E-state index in [4.69, 9.17) is 66.3 Å². The van der Waals surface area contributed by atoms with Gasteiger partial charge in [-0.1, -0.05) is 40.9 Å². The summed E-state index contributed by atoms with van der Waals surface area (Å²) in [5, 5.41) is 42.0. The van der Waals surface area contributed by atoms with E-state index in [-0.39, 0.29) is 122 Å². The molecule has 10 bridgehead atoms. The fourth-order valence-electron chi connectivity index (χ4n) is 17.4. The highest BCUT2D eigenvalue weighted by atomic mass is 16.8. The molecule has 15 fully saturated rings. The maximum Gasteiger partial charge on any atom is 0.308 e. The summed E-state index contributed by atoms with van der Waals surface area (Å²) in [4.78, 5) is 14.5. The molecule has 15 aliphatic rings. The van der Waals surface area contributed by atoms with Crippen molar-refractivity contribution in [3.63, 3.8) is 0 Å². The summed E-state index contributed by atoms with van der Waals surface area (Å²) < 4.78 is 95.6. The molecule has 1 unspecified atom stereocenters. The molecule has 31 atom stereocenters. The molecule has 19 heteroatoms. The van der Waals surface area contributed by atoms with Crippen LogP contribution in [-0.4, -0.2) is 197 Å². The predicted molar refractivity (Wildman–Crippen MR) is 271 cm³/mol. The molecule has 436 valence electrons. The molecule has 0 aromatic heterocycles. The van der Waals surface area contributed by atoms with E-state index >= 15 is 0 Å². The van der Waals surface area contributed by atoms with Crippen molar-refractivity contribution in [2.24, 2.45) is 23.7 Å². The zero-order chi connectivity index (χ0) is 53.7. The van der Waals surface area contributed by atoms with Gasteiger partial charge in [0.25, 0.3) is 0 Å². The lowest BCUT2D eigenvalue weighted by Crippen LogP contribution is -2.62. The van der Waals surface area contributed by atoms with Crippen LogP contribution in [0.3, 0.4) is 0 Å². The van der Waals surface area contributed by atoms with Crippen LogP contribution >= 0.6 is 0 Å². The molecule has 0 amide bonds. The number of hydrogen-bond acceptors (Lipinski definition) is 19. The Balaban J connectivity index is 0.682. The normalized spacial score (nSPS) is 56.3. The first-order valence-corrected chi connectivity index (χ1v) is 30.3. The van der Waals surface area contributed by atoms with Gasteiger partial charge in [0.15, 0.2) is 17.4 Å². The van der Waals surface area contributed by atoms with Gasteiger partial charge in [-0.15, -0.1) is 0 Å². The van der Waals surface area contributed by atoms with Crippen LogP contribution in [0.5, 0.6) is 0 Å². The fourth-order valence-corrected chi connectivity index (χ4v) is 17.4. The Morgan fingerprint density at radius 3 is 2.03 bits per heavy atom. The number of esters is 1. The number of aliphatic hydroxyl groups excluding tert-OH is 4. The Bertz CT molecular complexity index is 2260. The maximum absolute atomic E-state index is 14.5. The number of carbonyl (C=O) groups is 1. The molecule has 15 rings (SSSR count). The third kappa shape index (κ3) is 9.65. The van der Waals surface area contributed by atoms with Crippen molar-refractivity contribution in [1.82, 2.24) is 0 Å². The Morgan fingerprint density at radius 2 is 1.21 bits per heavy atom. The maximum atomic E-state index is 14.5. The first-order chi connectivity index (χ1) is 37.4. The smallest absolute Gasteiger partial charge is 0.308 e. The second kappa shape index (κ2) is 20.5. The van der Waals surface area contributed by atoms with Crippen molar-refractivity contribution in [2.45, 2.75) is 307 Å². The molecule has 15 heterocycles. The number of fused-ring (bicyclic) bond motifs is 10. The average Bonchev–Trinajstić information content (AvgIpc) is 4.28. The number of ether oxygens (including phenoxy) is 14. The highest BCUT2D eigenvalue weighted by Crippen LogP contribution is 2.57. The summed E-state index contributed by atoms with van der Waals surface area (Å²) in [7, 11) is 0. The molecule has 0 aromatic carbocycles. The van der Waals surface area contributed by atoms with Gasteiger partial charge in [-0.05, 0) is 73.8 Å². The van der Waals surface area contributed by atoms with Gasteiger partial charge >= 0.3 is 5.97 Å². The summed E-state index contributed by atoms with van der Waals surface area (Å²) in [5.41, 5.74) is 2.11. The largest absolute Gasteiger partial charge is 0.459 e. The zero-order valence-electron chi connectivity index (χ0n) is 45.9. The number of aliphatic hydroxyl groups is 4. The van der Waals surface area contributed by atoms with Gasteiger partial charge in [-0.25, -0.2) is 0 Å². The van der Waals surface area contributed by atoms with Gasteiger partial charge in [0.2, 0.25) is 0 Å². The summed E-state index contributed by atoms with van der Waals surface area (Å²) in [5.74, 6) is -2.91. The second-order valence-electron chi connectivity index (χ2n) is 27.0. The molecule has 15 aliphatic heterocycles. The number of carbonyl (C=O) groups excluding carboxylic acids is 1. The van der Waals surface area contributed by atoms with Crippen molar-refractivity contribution in [2.75, 3.05) is 6.61 Å². The van der Waals surface area contributed by atoms with Crippen molar-refractivity contribution in [3.8, 4) is 0 Å². The molecule has 0 radical (unpaired) electrons. The predicted octanol–water partition coefficient (Wildman–Crippen LogP) is 4.52. The third-order valence-corrected chi connectivity index (χ3v) is 21.3. The van der Waals surface area contributed by atoms with Crippen LogP contribution in [0.25, 0.3) is 0 Å². The third-order valence-electron chi connectivity index (χ3n) is 21.3.